The van der Waals surface area contributed by atoms with E-state index in [2.05, 4.69) is 5.32 Å². The van der Waals surface area contributed by atoms with Crippen LogP contribution < -0.4 is 5.32 Å². The molecule has 0 bridgehead atoms. The summed E-state index contributed by atoms with van der Waals surface area (Å²) < 4.78 is 0. The van der Waals surface area contributed by atoms with E-state index in [1.165, 1.54) is 0 Å². The zero-order valence-electron chi connectivity index (χ0n) is 8.16. The van der Waals surface area contributed by atoms with Crippen LogP contribution in [0.2, 0.25) is 0 Å². The lowest BCUT2D eigenvalue weighted by Crippen LogP contribution is -2.40. The van der Waals surface area contributed by atoms with E-state index < -0.39 is 6.04 Å². The largest absolute Gasteiger partial charge is 0.394 e. The van der Waals surface area contributed by atoms with Crippen LogP contribution in [0.25, 0.3) is 0 Å². The van der Waals surface area contributed by atoms with E-state index in [9.17, 15) is 4.79 Å². The molecule has 0 aliphatic rings. The lowest BCUT2D eigenvalue weighted by Gasteiger charge is -2.14. The van der Waals surface area contributed by atoms with Gasteiger partial charge in [-0.2, -0.15) is 0 Å². The van der Waals surface area contributed by atoms with Gasteiger partial charge in [0.1, 0.15) is 0 Å². The molecule has 0 aliphatic carbocycles. The molecule has 0 unspecified atom stereocenters. The number of carbonyl (C=O) groups excluding carboxylic acids is 1. The Morgan fingerprint density at radius 1 is 1.38 bits per heavy atom. The number of rotatable bonds is 6. The second-order valence-electron chi connectivity index (χ2n) is 3.18. The third kappa shape index (κ3) is 6.51. The number of aliphatic hydroxyl groups excluding tert-OH is 2. The first-order valence-electron chi connectivity index (χ1n) is 4.26. The van der Waals surface area contributed by atoms with Crippen molar-refractivity contribution in [1.29, 1.82) is 0 Å². The number of hydrogen-bond donors (Lipinski definition) is 3. The zero-order valence-corrected chi connectivity index (χ0v) is 8.16. The third-order valence-corrected chi connectivity index (χ3v) is 1.59. The van der Waals surface area contributed by atoms with E-state index in [0.717, 1.165) is 0 Å². The van der Waals surface area contributed by atoms with Crippen LogP contribution in [0.3, 0.4) is 0 Å². The van der Waals surface area contributed by atoms with Crippen molar-refractivity contribution < 1.29 is 15.0 Å². The standard InChI is InChI=1S/C8H18N2O3/c1-10(2)4-3-8(13)9-7(5-11)6-12/h7,11-12H,3-6H2,1-2H3,(H,9,13). The summed E-state index contributed by atoms with van der Waals surface area (Å²) in [5.41, 5.74) is 0. The first kappa shape index (κ1) is 12.3. The monoisotopic (exact) mass is 190 g/mol. The molecule has 0 aromatic heterocycles. The molecule has 0 fully saturated rings. The molecule has 0 aromatic carbocycles. The van der Waals surface area contributed by atoms with E-state index >= 15 is 0 Å². The minimum absolute atomic E-state index is 0.151. The fourth-order valence-corrected chi connectivity index (χ4v) is 0.774. The molecule has 0 saturated heterocycles. The minimum Gasteiger partial charge on any atom is -0.394 e. The lowest BCUT2D eigenvalue weighted by atomic mass is 10.3. The van der Waals surface area contributed by atoms with Crippen LogP contribution in [-0.2, 0) is 4.79 Å². The second-order valence-corrected chi connectivity index (χ2v) is 3.18. The molecular formula is C8H18N2O3. The van der Waals surface area contributed by atoms with Gasteiger partial charge in [0.25, 0.3) is 0 Å². The number of aliphatic hydroxyl groups is 2. The topological polar surface area (TPSA) is 72.8 Å². The quantitative estimate of drug-likeness (QED) is 0.472. The molecular weight excluding hydrogens is 172 g/mol. The fourth-order valence-electron chi connectivity index (χ4n) is 0.774. The van der Waals surface area contributed by atoms with Gasteiger partial charge in [0.05, 0.1) is 19.3 Å². The van der Waals surface area contributed by atoms with Gasteiger partial charge in [0, 0.05) is 13.0 Å². The van der Waals surface area contributed by atoms with Crippen molar-refractivity contribution in [2.24, 2.45) is 0 Å². The molecule has 0 spiro atoms. The molecule has 0 atom stereocenters. The summed E-state index contributed by atoms with van der Waals surface area (Å²) in [5, 5.41) is 19.8. The van der Waals surface area contributed by atoms with Crippen molar-refractivity contribution in [1.82, 2.24) is 10.2 Å². The molecule has 0 rings (SSSR count). The molecule has 5 heteroatoms. The smallest absolute Gasteiger partial charge is 0.221 e. The minimum atomic E-state index is -0.533. The molecule has 0 saturated carbocycles. The highest BCUT2D eigenvalue weighted by Gasteiger charge is 2.09. The van der Waals surface area contributed by atoms with Gasteiger partial charge in [-0.15, -0.1) is 0 Å². The Bertz CT molecular complexity index is 146. The van der Waals surface area contributed by atoms with Gasteiger partial charge in [-0.3, -0.25) is 4.79 Å². The van der Waals surface area contributed by atoms with Crippen LogP contribution >= 0.6 is 0 Å². The molecule has 13 heavy (non-hydrogen) atoms. The van der Waals surface area contributed by atoms with Gasteiger partial charge < -0.3 is 20.4 Å². The van der Waals surface area contributed by atoms with E-state index in [4.69, 9.17) is 10.2 Å². The van der Waals surface area contributed by atoms with Crippen molar-refractivity contribution in [3.8, 4) is 0 Å². The summed E-state index contributed by atoms with van der Waals surface area (Å²) in [4.78, 5) is 13.0. The number of nitrogens with one attached hydrogen (secondary N) is 1. The summed E-state index contributed by atoms with van der Waals surface area (Å²) in [5.74, 6) is -0.151. The summed E-state index contributed by atoms with van der Waals surface area (Å²) >= 11 is 0. The zero-order chi connectivity index (χ0) is 10.3. The van der Waals surface area contributed by atoms with Crippen LogP contribution in [-0.4, -0.2) is 60.9 Å². The van der Waals surface area contributed by atoms with Gasteiger partial charge in [-0.05, 0) is 14.1 Å². The van der Waals surface area contributed by atoms with E-state index in [1.807, 2.05) is 19.0 Å². The van der Waals surface area contributed by atoms with E-state index in [0.29, 0.717) is 13.0 Å². The molecule has 5 nitrogen and oxygen atoms in total. The molecule has 1 amide bonds. The normalized spacial score (nSPS) is 10.9. The fraction of sp³-hybridized carbons (Fsp3) is 0.875. The second kappa shape index (κ2) is 6.82. The Balaban J connectivity index is 3.60. The number of carbonyl (C=O) groups is 1. The molecule has 0 aliphatic heterocycles. The maximum absolute atomic E-state index is 11.1. The number of nitrogens with zero attached hydrogens (tertiary/aromatic N) is 1. The van der Waals surface area contributed by atoms with Crippen molar-refractivity contribution in [2.75, 3.05) is 33.9 Å². The van der Waals surface area contributed by atoms with Crippen LogP contribution in [0.1, 0.15) is 6.42 Å². The van der Waals surface area contributed by atoms with Gasteiger partial charge in [0.15, 0.2) is 0 Å². The van der Waals surface area contributed by atoms with Crippen molar-refractivity contribution in [3.63, 3.8) is 0 Å². The number of hydrogen-bond acceptors (Lipinski definition) is 4. The Hall–Kier alpha value is -0.650. The van der Waals surface area contributed by atoms with Gasteiger partial charge in [-0.25, -0.2) is 0 Å². The average molecular weight is 190 g/mol. The molecule has 0 aromatic rings. The molecule has 0 heterocycles. The highest BCUT2D eigenvalue weighted by Crippen LogP contribution is 1.86. The lowest BCUT2D eigenvalue weighted by molar-refractivity contribution is -0.122. The Kier molecular flexibility index (Phi) is 6.48. The van der Waals surface area contributed by atoms with Gasteiger partial charge >= 0.3 is 0 Å². The molecule has 3 N–H and O–H groups in total. The van der Waals surface area contributed by atoms with E-state index in [-0.39, 0.29) is 19.1 Å². The van der Waals surface area contributed by atoms with Crippen LogP contribution in [0.4, 0.5) is 0 Å². The highest BCUT2D eigenvalue weighted by molar-refractivity contribution is 5.76. The Morgan fingerprint density at radius 3 is 2.31 bits per heavy atom. The first-order valence-corrected chi connectivity index (χ1v) is 4.26. The predicted octanol–water partition coefficient (Wildman–Crippen LogP) is -1.59. The van der Waals surface area contributed by atoms with Crippen LogP contribution in [0.15, 0.2) is 0 Å². The SMILES string of the molecule is CN(C)CCC(=O)NC(CO)CO. The predicted molar refractivity (Wildman–Crippen MR) is 49.3 cm³/mol. The van der Waals surface area contributed by atoms with E-state index in [1.54, 1.807) is 0 Å². The first-order chi connectivity index (χ1) is 6.10. The average Bonchev–Trinajstić information content (AvgIpc) is 2.10. The summed E-state index contributed by atoms with van der Waals surface area (Å²) in [7, 11) is 3.76. The van der Waals surface area contributed by atoms with Crippen molar-refractivity contribution >= 4 is 5.91 Å². The molecule has 78 valence electrons. The van der Waals surface area contributed by atoms with Crippen molar-refractivity contribution in [2.45, 2.75) is 12.5 Å². The summed E-state index contributed by atoms with van der Waals surface area (Å²) in [6.07, 6.45) is 0.378. The van der Waals surface area contributed by atoms with Crippen LogP contribution in [0, 0.1) is 0 Å². The van der Waals surface area contributed by atoms with Crippen LogP contribution in [0.5, 0.6) is 0 Å². The third-order valence-electron chi connectivity index (χ3n) is 1.59. The molecule has 0 radical (unpaired) electrons. The summed E-state index contributed by atoms with van der Waals surface area (Å²) in [6, 6.07) is -0.533. The van der Waals surface area contributed by atoms with Gasteiger partial charge in [0.2, 0.25) is 5.91 Å². The Morgan fingerprint density at radius 2 is 1.92 bits per heavy atom. The highest BCUT2D eigenvalue weighted by atomic mass is 16.3. The maximum atomic E-state index is 11.1. The maximum Gasteiger partial charge on any atom is 0.221 e. The Labute approximate surface area is 78.4 Å². The number of amides is 1. The van der Waals surface area contributed by atoms with Gasteiger partial charge in [-0.1, -0.05) is 0 Å². The summed E-state index contributed by atoms with van der Waals surface area (Å²) in [6.45, 7) is 0.198. The van der Waals surface area contributed by atoms with Crippen molar-refractivity contribution in [3.05, 3.63) is 0 Å².